The maximum Gasteiger partial charge on any atom is 0.214 e. The van der Waals surface area contributed by atoms with Gasteiger partial charge in [0.15, 0.2) is 0 Å². The molecule has 2 aliphatic rings. The van der Waals surface area contributed by atoms with Crippen LogP contribution in [0.4, 0.5) is 0 Å². The van der Waals surface area contributed by atoms with Crippen LogP contribution in [0.3, 0.4) is 0 Å². The highest BCUT2D eigenvalue weighted by molar-refractivity contribution is 7.89. The molecule has 1 aromatic carbocycles. The van der Waals surface area contributed by atoms with Crippen molar-refractivity contribution in [1.82, 2.24) is 4.31 Å². The average Bonchev–Trinajstić information content (AvgIpc) is 3.02. The lowest BCUT2D eigenvalue weighted by atomic mass is 10.0. The topological polar surface area (TPSA) is 37.4 Å². The van der Waals surface area contributed by atoms with Crippen molar-refractivity contribution in [3.8, 4) is 0 Å². The van der Waals surface area contributed by atoms with Gasteiger partial charge in [0.2, 0.25) is 10.0 Å². The van der Waals surface area contributed by atoms with Crippen molar-refractivity contribution in [2.45, 2.75) is 38.1 Å². The molecule has 0 N–H and O–H groups in total. The zero-order valence-electron chi connectivity index (χ0n) is 11.3. The molecular weight excluding hydrogens is 258 g/mol. The number of benzene rings is 1. The van der Waals surface area contributed by atoms with Crippen LogP contribution >= 0.6 is 0 Å². The summed E-state index contributed by atoms with van der Waals surface area (Å²) in [5.41, 5.74) is 1.11. The average molecular weight is 279 g/mol. The van der Waals surface area contributed by atoms with Crippen molar-refractivity contribution in [3.63, 3.8) is 0 Å². The molecule has 2 bridgehead atoms. The molecular formula is C15H21NO2S. The van der Waals surface area contributed by atoms with Gasteiger partial charge in [0.1, 0.15) is 0 Å². The van der Waals surface area contributed by atoms with Crippen LogP contribution in [-0.4, -0.2) is 31.1 Å². The minimum atomic E-state index is -3.10. The maximum absolute atomic E-state index is 12.5. The van der Waals surface area contributed by atoms with Crippen molar-refractivity contribution >= 4 is 10.0 Å². The molecule has 1 heterocycles. The van der Waals surface area contributed by atoms with Crippen LogP contribution in [-0.2, 0) is 10.0 Å². The van der Waals surface area contributed by atoms with E-state index in [2.05, 4.69) is 0 Å². The van der Waals surface area contributed by atoms with Crippen LogP contribution in [0.2, 0.25) is 0 Å². The highest BCUT2D eigenvalue weighted by atomic mass is 32.2. The zero-order chi connectivity index (χ0) is 13.5. The summed E-state index contributed by atoms with van der Waals surface area (Å²) in [5, 5.41) is 0. The van der Waals surface area contributed by atoms with E-state index in [9.17, 15) is 8.42 Å². The number of fused-ring (bicyclic) bond motifs is 2. The lowest BCUT2D eigenvalue weighted by Gasteiger charge is -2.27. The second-order valence-electron chi connectivity index (χ2n) is 5.99. The molecule has 3 unspecified atom stereocenters. The van der Waals surface area contributed by atoms with Crippen molar-refractivity contribution in [3.05, 3.63) is 35.9 Å². The number of hydrogen-bond donors (Lipinski definition) is 0. The SMILES string of the molecule is CC(CS(=O)(=O)N1CC2CCC1C2)c1ccccc1. The Morgan fingerprint density at radius 1 is 1.26 bits per heavy atom. The fourth-order valence-corrected chi connectivity index (χ4v) is 5.61. The van der Waals surface area contributed by atoms with Gasteiger partial charge in [0, 0.05) is 12.6 Å². The van der Waals surface area contributed by atoms with Crippen LogP contribution < -0.4 is 0 Å². The van der Waals surface area contributed by atoms with Crippen LogP contribution in [0.1, 0.15) is 37.7 Å². The molecule has 1 aliphatic heterocycles. The standard InChI is InChI=1S/C15H21NO2S/c1-12(14-5-3-2-4-6-14)11-19(17,18)16-10-13-7-8-15(16)9-13/h2-6,12-13,15H,7-11H2,1H3. The van der Waals surface area contributed by atoms with Crippen molar-refractivity contribution in [2.24, 2.45) is 5.92 Å². The predicted molar refractivity (Wildman–Crippen MR) is 76.5 cm³/mol. The molecule has 1 saturated carbocycles. The number of hydrogen-bond acceptors (Lipinski definition) is 2. The Labute approximate surface area is 115 Å². The third kappa shape index (κ3) is 2.56. The lowest BCUT2D eigenvalue weighted by Crippen LogP contribution is -2.40. The van der Waals surface area contributed by atoms with Crippen LogP contribution in [0.25, 0.3) is 0 Å². The number of piperidine rings is 1. The molecule has 3 nitrogen and oxygen atoms in total. The summed E-state index contributed by atoms with van der Waals surface area (Å²) < 4.78 is 26.8. The Kier molecular flexibility index (Phi) is 3.39. The van der Waals surface area contributed by atoms with Gasteiger partial charge in [-0.05, 0) is 36.7 Å². The number of nitrogens with zero attached hydrogens (tertiary/aromatic N) is 1. The minimum Gasteiger partial charge on any atom is -0.212 e. The van der Waals surface area contributed by atoms with E-state index < -0.39 is 10.0 Å². The molecule has 3 atom stereocenters. The Hall–Kier alpha value is -0.870. The van der Waals surface area contributed by atoms with Gasteiger partial charge in [-0.25, -0.2) is 8.42 Å². The zero-order valence-corrected chi connectivity index (χ0v) is 12.1. The summed E-state index contributed by atoms with van der Waals surface area (Å²) in [7, 11) is -3.10. The van der Waals surface area contributed by atoms with E-state index in [1.54, 1.807) is 4.31 Å². The summed E-state index contributed by atoms with van der Waals surface area (Å²) in [6, 6.07) is 10.2. The molecule has 2 fully saturated rings. The molecule has 0 radical (unpaired) electrons. The fraction of sp³-hybridized carbons (Fsp3) is 0.600. The van der Waals surface area contributed by atoms with E-state index in [4.69, 9.17) is 0 Å². The third-order valence-electron chi connectivity index (χ3n) is 4.55. The molecule has 1 saturated heterocycles. The second-order valence-corrected chi connectivity index (χ2v) is 7.96. The number of rotatable bonds is 4. The van der Waals surface area contributed by atoms with Crippen LogP contribution in [0.5, 0.6) is 0 Å². The van der Waals surface area contributed by atoms with Gasteiger partial charge in [-0.3, -0.25) is 0 Å². The van der Waals surface area contributed by atoms with Gasteiger partial charge in [0.05, 0.1) is 5.75 Å². The Balaban J connectivity index is 1.72. The van der Waals surface area contributed by atoms with Crippen molar-refractivity contribution in [2.75, 3.05) is 12.3 Å². The van der Waals surface area contributed by atoms with E-state index in [0.717, 1.165) is 24.9 Å². The summed E-state index contributed by atoms with van der Waals surface area (Å²) >= 11 is 0. The van der Waals surface area contributed by atoms with Gasteiger partial charge >= 0.3 is 0 Å². The minimum absolute atomic E-state index is 0.0605. The first kappa shape index (κ1) is 13.1. The Morgan fingerprint density at radius 2 is 2.00 bits per heavy atom. The lowest BCUT2D eigenvalue weighted by molar-refractivity contribution is 0.332. The van der Waals surface area contributed by atoms with Gasteiger partial charge in [0.25, 0.3) is 0 Å². The Bertz CT molecular complexity index is 541. The fourth-order valence-electron chi connectivity index (χ4n) is 3.51. The smallest absolute Gasteiger partial charge is 0.212 e. The van der Waals surface area contributed by atoms with E-state index in [0.29, 0.717) is 5.92 Å². The molecule has 0 aromatic heterocycles. The summed E-state index contributed by atoms with van der Waals surface area (Å²) in [5.74, 6) is 0.914. The quantitative estimate of drug-likeness (QED) is 0.849. The monoisotopic (exact) mass is 279 g/mol. The molecule has 1 aromatic rings. The van der Waals surface area contributed by atoms with Gasteiger partial charge in [-0.1, -0.05) is 37.3 Å². The first-order chi connectivity index (χ1) is 9.06. The van der Waals surface area contributed by atoms with Crippen LogP contribution in [0.15, 0.2) is 30.3 Å². The van der Waals surface area contributed by atoms with Gasteiger partial charge in [-0.2, -0.15) is 4.31 Å². The number of sulfonamides is 1. The molecule has 3 rings (SSSR count). The largest absolute Gasteiger partial charge is 0.214 e. The highest BCUT2D eigenvalue weighted by Gasteiger charge is 2.43. The highest BCUT2D eigenvalue weighted by Crippen LogP contribution is 2.39. The molecule has 19 heavy (non-hydrogen) atoms. The maximum atomic E-state index is 12.5. The van der Waals surface area contributed by atoms with Gasteiger partial charge in [-0.15, -0.1) is 0 Å². The second kappa shape index (κ2) is 4.91. The van der Waals surface area contributed by atoms with Crippen LogP contribution in [0, 0.1) is 5.92 Å². The first-order valence-electron chi connectivity index (χ1n) is 7.11. The predicted octanol–water partition coefficient (Wildman–Crippen LogP) is 2.60. The molecule has 1 aliphatic carbocycles. The normalized spacial score (nSPS) is 28.7. The van der Waals surface area contributed by atoms with E-state index >= 15 is 0 Å². The molecule has 104 valence electrons. The Morgan fingerprint density at radius 3 is 2.58 bits per heavy atom. The summed E-state index contributed by atoms with van der Waals surface area (Å²) in [6.45, 7) is 2.76. The van der Waals surface area contributed by atoms with Crippen molar-refractivity contribution < 1.29 is 8.42 Å². The van der Waals surface area contributed by atoms with E-state index in [1.165, 1.54) is 6.42 Å². The molecule has 0 amide bonds. The van der Waals surface area contributed by atoms with Gasteiger partial charge < -0.3 is 0 Å². The third-order valence-corrected chi connectivity index (χ3v) is 6.63. The van der Waals surface area contributed by atoms with E-state index in [1.807, 2.05) is 37.3 Å². The molecule has 4 heteroatoms. The van der Waals surface area contributed by atoms with E-state index in [-0.39, 0.29) is 17.7 Å². The van der Waals surface area contributed by atoms with Crippen molar-refractivity contribution in [1.29, 1.82) is 0 Å². The summed E-state index contributed by atoms with van der Waals surface area (Å²) in [6.07, 6.45) is 3.35. The first-order valence-corrected chi connectivity index (χ1v) is 8.71. The molecule has 0 spiro atoms. The summed E-state index contributed by atoms with van der Waals surface area (Å²) in [4.78, 5) is 0.